The number of hydrogen-bond acceptors (Lipinski definition) is 2. The van der Waals surface area contributed by atoms with E-state index in [1.54, 1.807) is 0 Å². The molecule has 19 heavy (non-hydrogen) atoms. The molecule has 1 unspecified atom stereocenters. The summed E-state index contributed by atoms with van der Waals surface area (Å²) in [4.78, 5) is 2.66. The van der Waals surface area contributed by atoms with Crippen LogP contribution >= 0.6 is 0 Å². The SMILES string of the molecule is CC(C)CCN(CCC(N)c1ccccc1)C1CC1. The van der Waals surface area contributed by atoms with Crippen molar-refractivity contribution in [2.75, 3.05) is 13.1 Å². The Hall–Kier alpha value is -0.860. The van der Waals surface area contributed by atoms with Gasteiger partial charge in [0.25, 0.3) is 0 Å². The van der Waals surface area contributed by atoms with E-state index in [4.69, 9.17) is 5.73 Å². The molecule has 1 atom stereocenters. The summed E-state index contributed by atoms with van der Waals surface area (Å²) in [6.45, 7) is 7.00. The van der Waals surface area contributed by atoms with Crippen LogP contribution in [-0.4, -0.2) is 24.0 Å². The third-order valence-electron chi connectivity index (χ3n) is 4.01. The second-order valence-corrected chi connectivity index (χ2v) is 6.26. The van der Waals surface area contributed by atoms with Crippen molar-refractivity contribution in [2.24, 2.45) is 11.7 Å². The summed E-state index contributed by atoms with van der Waals surface area (Å²) in [6.07, 6.45) is 5.15. The van der Waals surface area contributed by atoms with E-state index < -0.39 is 0 Å². The van der Waals surface area contributed by atoms with E-state index in [0.29, 0.717) is 0 Å². The molecule has 2 rings (SSSR count). The van der Waals surface area contributed by atoms with Gasteiger partial charge in [-0.2, -0.15) is 0 Å². The lowest BCUT2D eigenvalue weighted by Gasteiger charge is -2.24. The molecule has 0 heterocycles. The van der Waals surface area contributed by atoms with Crippen molar-refractivity contribution in [3.05, 3.63) is 35.9 Å². The Labute approximate surface area is 118 Å². The van der Waals surface area contributed by atoms with Crippen LogP contribution in [0.15, 0.2) is 30.3 Å². The second-order valence-electron chi connectivity index (χ2n) is 6.26. The molecule has 0 bridgehead atoms. The predicted octanol–water partition coefficient (Wildman–Crippen LogP) is 3.59. The maximum Gasteiger partial charge on any atom is 0.0307 e. The molecule has 0 aliphatic heterocycles. The first-order valence-corrected chi connectivity index (χ1v) is 7.71. The van der Waals surface area contributed by atoms with Crippen molar-refractivity contribution >= 4 is 0 Å². The number of benzene rings is 1. The van der Waals surface area contributed by atoms with Crippen molar-refractivity contribution in [2.45, 2.75) is 51.6 Å². The molecule has 0 saturated heterocycles. The Morgan fingerprint density at radius 2 is 1.74 bits per heavy atom. The first-order valence-electron chi connectivity index (χ1n) is 7.71. The Balaban J connectivity index is 1.78. The summed E-state index contributed by atoms with van der Waals surface area (Å²) in [7, 11) is 0. The highest BCUT2D eigenvalue weighted by Gasteiger charge is 2.28. The molecule has 0 spiro atoms. The average molecular weight is 260 g/mol. The van der Waals surface area contributed by atoms with Gasteiger partial charge in [-0.25, -0.2) is 0 Å². The number of rotatable bonds is 8. The summed E-state index contributed by atoms with van der Waals surface area (Å²) in [6, 6.07) is 11.5. The molecule has 1 aliphatic rings. The van der Waals surface area contributed by atoms with E-state index in [1.165, 1.54) is 31.4 Å². The van der Waals surface area contributed by atoms with E-state index in [1.807, 2.05) is 0 Å². The lowest BCUT2D eigenvalue weighted by molar-refractivity contribution is 0.239. The predicted molar refractivity (Wildman–Crippen MR) is 82.0 cm³/mol. The monoisotopic (exact) mass is 260 g/mol. The lowest BCUT2D eigenvalue weighted by atomic mass is 10.0. The maximum absolute atomic E-state index is 6.29. The summed E-state index contributed by atoms with van der Waals surface area (Å²) in [5, 5.41) is 0. The minimum absolute atomic E-state index is 0.182. The molecule has 2 nitrogen and oxygen atoms in total. The molecule has 1 aromatic carbocycles. The van der Waals surface area contributed by atoms with Crippen molar-refractivity contribution in [1.82, 2.24) is 4.90 Å². The van der Waals surface area contributed by atoms with Crippen molar-refractivity contribution < 1.29 is 0 Å². The van der Waals surface area contributed by atoms with Gasteiger partial charge in [0.05, 0.1) is 0 Å². The fourth-order valence-electron chi connectivity index (χ4n) is 2.51. The largest absolute Gasteiger partial charge is 0.324 e. The molecule has 1 fully saturated rings. The topological polar surface area (TPSA) is 29.3 Å². The third kappa shape index (κ3) is 4.96. The number of hydrogen-bond donors (Lipinski definition) is 1. The summed E-state index contributed by atoms with van der Waals surface area (Å²) < 4.78 is 0. The van der Waals surface area contributed by atoms with Crippen LogP contribution in [0.4, 0.5) is 0 Å². The zero-order valence-corrected chi connectivity index (χ0v) is 12.4. The Morgan fingerprint density at radius 1 is 1.11 bits per heavy atom. The van der Waals surface area contributed by atoms with Crippen molar-refractivity contribution in [1.29, 1.82) is 0 Å². The highest BCUT2D eigenvalue weighted by atomic mass is 15.2. The molecule has 1 aromatic rings. The van der Waals surface area contributed by atoms with Crippen LogP contribution in [0.1, 0.15) is 51.1 Å². The van der Waals surface area contributed by atoms with Gasteiger partial charge in [-0.15, -0.1) is 0 Å². The quantitative estimate of drug-likeness (QED) is 0.774. The fourth-order valence-corrected chi connectivity index (χ4v) is 2.51. The van der Waals surface area contributed by atoms with Crippen LogP contribution in [0.25, 0.3) is 0 Å². The maximum atomic E-state index is 6.29. The highest BCUT2D eigenvalue weighted by Crippen LogP contribution is 2.28. The van der Waals surface area contributed by atoms with Gasteiger partial charge in [0, 0.05) is 18.6 Å². The zero-order valence-electron chi connectivity index (χ0n) is 12.4. The first kappa shape index (κ1) is 14.5. The van der Waals surface area contributed by atoms with Crippen LogP contribution < -0.4 is 5.73 Å². The minimum atomic E-state index is 0.182. The van der Waals surface area contributed by atoms with E-state index >= 15 is 0 Å². The van der Waals surface area contributed by atoms with E-state index in [2.05, 4.69) is 49.1 Å². The molecule has 1 saturated carbocycles. The van der Waals surface area contributed by atoms with Gasteiger partial charge in [-0.3, -0.25) is 0 Å². The Kier molecular flexibility index (Phi) is 5.41. The van der Waals surface area contributed by atoms with Crippen LogP contribution in [0, 0.1) is 5.92 Å². The molecule has 2 N–H and O–H groups in total. The third-order valence-corrected chi connectivity index (χ3v) is 4.01. The lowest BCUT2D eigenvalue weighted by Crippen LogP contribution is -2.31. The standard InChI is InChI=1S/C17H28N2/c1-14(2)10-12-19(16-8-9-16)13-11-17(18)15-6-4-3-5-7-15/h3-7,14,16-17H,8-13,18H2,1-2H3. The molecular weight excluding hydrogens is 232 g/mol. The van der Waals surface area contributed by atoms with Gasteiger partial charge in [-0.1, -0.05) is 44.2 Å². The van der Waals surface area contributed by atoms with Crippen LogP contribution in [0.5, 0.6) is 0 Å². The average Bonchev–Trinajstić information content (AvgIpc) is 3.23. The van der Waals surface area contributed by atoms with Crippen LogP contribution in [0.2, 0.25) is 0 Å². The zero-order chi connectivity index (χ0) is 13.7. The molecule has 106 valence electrons. The van der Waals surface area contributed by atoms with E-state index in [0.717, 1.165) is 24.9 Å². The van der Waals surface area contributed by atoms with Gasteiger partial charge in [-0.05, 0) is 43.7 Å². The van der Waals surface area contributed by atoms with Gasteiger partial charge in [0.15, 0.2) is 0 Å². The molecule has 0 radical (unpaired) electrons. The Bertz CT molecular complexity index is 357. The molecule has 2 heteroatoms. The van der Waals surface area contributed by atoms with E-state index in [9.17, 15) is 0 Å². The molecule has 1 aliphatic carbocycles. The Morgan fingerprint density at radius 3 is 2.32 bits per heavy atom. The summed E-state index contributed by atoms with van der Waals surface area (Å²) >= 11 is 0. The normalized spacial score (nSPS) is 17.1. The highest BCUT2D eigenvalue weighted by molar-refractivity contribution is 5.18. The van der Waals surface area contributed by atoms with Gasteiger partial charge in [0.1, 0.15) is 0 Å². The minimum Gasteiger partial charge on any atom is -0.324 e. The number of nitrogens with zero attached hydrogens (tertiary/aromatic N) is 1. The molecular formula is C17H28N2. The smallest absolute Gasteiger partial charge is 0.0307 e. The van der Waals surface area contributed by atoms with E-state index in [-0.39, 0.29) is 6.04 Å². The van der Waals surface area contributed by atoms with Crippen LogP contribution in [0.3, 0.4) is 0 Å². The second kappa shape index (κ2) is 7.06. The molecule has 0 aromatic heterocycles. The van der Waals surface area contributed by atoms with Gasteiger partial charge < -0.3 is 10.6 Å². The van der Waals surface area contributed by atoms with Gasteiger partial charge >= 0.3 is 0 Å². The summed E-state index contributed by atoms with van der Waals surface area (Å²) in [5.74, 6) is 0.795. The van der Waals surface area contributed by atoms with Crippen molar-refractivity contribution in [3.63, 3.8) is 0 Å². The number of nitrogens with two attached hydrogens (primary N) is 1. The molecule has 0 amide bonds. The van der Waals surface area contributed by atoms with Gasteiger partial charge in [0.2, 0.25) is 0 Å². The summed E-state index contributed by atoms with van der Waals surface area (Å²) in [5.41, 5.74) is 7.56. The fraction of sp³-hybridized carbons (Fsp3) is 0.647. The van der Waals surface area contributed by atoms with Crippen LogP contribution in [-0.2, 0) is 0 Å². The first-order chi connectivity index (χ1) is 9.16. The van der Waals surface area contributed by atoms with Crippen molar-refractivity contribution in [3.8, 4) is 0 Å².